The SMILES string of the molecule is C=CCOc1ccccc1CNC(=O)NC(CO)c1ccccc1. The van der Waals surface area contributed by atoms with E-state index in [9.17, 15) is 9.90 Å². The Morgan fingerprint density at radius 2 is 1.88 bits per heavy atom. The van der Waals surface area contributed by atoms with Crippen LogP contribution in [-0.2, 0) is 6.54 Å². The summed E-state index contributed by atoms with van der Waals surface area (Å²) in [5.74, 6) is 0.708. The van der Waals surface area contributed by atoms with Gasteiger partial charge in [0.2, 0.25) is 0 Å². The van der Waals surface area contributed by atoms with Crippen LogP contribution in [0.1, 0.15) is 17.2 Å². The van der Waals surface area contributed by atoms with Crippen LogP contribution in [0.3, 0.4) is 0 Å². The molecule has 0 fully saturated rings. The van der Waals surface area contributed by atoms with Gasteiger partial charge in [-0.15, -0.1) is 0 Å². The standard InChI is InChI=1S/C19H22N2O3/c1-2-12-24-18-11-7-6-10-16(18)13-20-19(23)21-17(14-22)15-8-4-3-5-9-15/h2-11,17,22H,1,12-14H2,(H2,20,21,23). The Balaban J connectivity index is 1.92. The fourth-order valence-electron chi connectivity index (χ4n) is 2.24. The maximum Gasteiger partial charge on any atom is 0.315 e. The lowest BCUT2D eigenvalue weighted by Gasteiger charge is -2.17. The maximum atomic E-state index is 12.1. The minimum Gasteiger partial charge on any atom is -0.489 e. The van der Waals surface area contributed by atoms with Crippen LogP contribution in [0, 0.1) is 0 Å². The first-order valence-electron chi connectivity index (χ1n) is 7.76. The number of carbonyl (C=O) groups excluding carboxylic acids is 1. The molecule has 24 heavy (non-hydrogen) atoms. The Morgan fingerprint density at radius 1 is 1.17 bits per heavy atom. The molecule has 0 bridgehead atoms. The van der Waals surface area contributed by atoms with Crippen LogP contribution in [0.4, 0.5) is 4.79 Å². The zero-order valence-corrected chi connectivity index (χ0v) is 13.4. The number of hydrogen-bond donors (Lipinski definition) is 3. The second-order valence-corrected chi connectivity index (χ2v) is 5.18. The Labute approximate surface area is 142 Å². The second kappa shape index (κ2) is 9.37. The first-order chi connectivity index (χ1) is 11.7. The largest absolute Gasteiger partial charge is 0.489 e. The van der Waals surface area contributed by atoms with E-state index in [1.54, 1.807) is 6.08 Å². The molecular weight excluding hydrogens is 304 g/mol. The maximum absolute atomic E-state index is 12.1. The number of hydrogen-bond acceptors (Lipinski definition) is 3. The number of aliphatic hydroxyl groups is 1. The Bertz CT molecular complexity index is 659. The first-order valence-corrected chi connectivity index (χ1v) is 7.76. The van der Waals surface area contributed by atoms with Crippen molar-refractivity contribution < 1.29 is 14.6 Å². The quantitative estimate of drug-likeness (QED) is 0.653. The number of carbonyl (C=O) groups is 1. The molecule has 2 aromatic rings. The van der Waals surface area contributed by atoms with Crippen molar-refractivity contribution in [3.63, 3.8) is 0 Å². The lowest BCUT2D eigenvalue weighted by molar-refractivity contribution is 0.216. The summed E-state index contributed by atoms with van der Waals surface area (Å²) in [6.07, 6.45) is 1.67. The molecule has 0 saturated heterocycles. The third-order valence-electron chi connectivity index (χ3n) is 3.46. The van der Waals surface area contributed by atoms with Crippen LogP contribution in [0.2, 0.25) is 0 Å². The number of urea groups is 1. The molecule has 2 aromatic carbocycles. The molecule has 1 unspecified atom stereocenters. The lowest BCUT2D eigenvalue weighted by Crippen LogP contribution is -2.38. The summed E-state index contributed by atoms with van der Waals surface area (Å²) in [5.41, 5.74) is 1.72. The summed E-state index contributed by atoms with van der Waals surface area (Å²) in [6.45, 7) is 4.18. The average molecular weight is 326 g/mol. The Kier molecular flexibility index (Phi) is 6.86. The number of benzene rings is 2. The number of nitrogens with one attached hydrogen (secondary N) is 2. The molecule has 126 valence electrons. The van der Waals surface area contributed by atoms with Gasteiger partial charge in [0.05, 0.1) is 12.6 Å². The van der Waals surface area contributed by atoms with E-state index in [0.29, 0.717) is 18.9 Å². The molecule has 1 atom stereocenters. The summed E-state index contributed by atoms with van der Waals surface area (Å²) < 4.78 is 5.56. The summed E-state index contributed by atoms with van der Waals surface area (Å²) in [4.78, 5) is 12.1. The predicted octanol–water partition coefficient (Wildman–Crippen LogP) is 2.78. The van der Waals surface area contributed by atoms with Gasteiger partial charge < -0.3 is 20.5 Å². The second-order valence-electron chi connectivity index (χ2n) is 5.18. The van der Waals surface area contributed by atoms with Crippen molar-refractivity contribution in [1.82, 2.24) is 10.6 Å². The van der Waals surface area contributed by atoms with Gasteiger partial charge in [-0.2, -0.15) is 0 Å². The van der Waals surface area contributed by atoms with Gasteiger partial charge >= 0.3 is 6.03 Å². The summed E-state index contributed by atoms with van der Waals surface area (Å²) in [5, 5.41) is 15.0. The van der Waals surface area contributed by atoms with Gasteiger partial charge in [0.25, 0.3) is 0 Å². The average Bonchev–Trinajstić information content (AvgIpc) is 2.64. The first kappa shape index (κ1) is 17.6. The highest BCUT2D eigenvalue weighted by molar-refractivity contribution is 5.74. The lowest BCUT2D eigenvalue weighted by atomic mass is 10.1. The van der Waals surface area contributed by atoms with E-state index in [4.69, 9.17) is 4.74 Å². The molecule has 0 aliphatic heterocycles. The number of amides is 2. The summed E-state index contributed by atoms with van der Waals surface area (Å²) in [6, 6.07) is 16.0. The molecule has 0 saturated carbocycles. The molecule has 0 radical (unpaired) electrons. The van der Waals surface area contributed by atoms with E-state index in [1.807, 2.05) is 54.6 Å². The molecule has 0 spiro atoms. The highest BCUT2D eigenvalue weighted by atomic mass is 16.5. The normalized spacial score (nSPS) is 11.4. The summed E-state index contributed by atoms with van der Waals surface area (Å²) in [7, 11) is 0. The van der Waals surface area contributed by atoms with Gasteiger partial charge in [0.15, 0.2) is 0 Å². The van der Waals surface area contributed by atoms with Crippen LogP contribution >= 0.6 is 0 Å². The number of para-hydroxylation sites is 1. The van der Waals surface area contributed by atoms with Crippen molar-refractivity contribution in [3.05, 3.63) is 78.4 Å². The van der Waals surface area contributed by atoms with E-state index in [1.165, 1.54) is 0 Å². The highest BCUT2D eigenvalue weighted by Crippen LogP contribution is 2.17. The highest BCUT2D eigenvalue weighted by Gasteiger charge is 2.13. The Hall–Kier alpha value is -2.79. The van der Waals surface area contributed by atoms with Gasteiger partial charge in [-0.1, -0.05) is 61.2 Å². The zero-order chi connectivity index (χ0) is 17.2. The zero-order valence-electron chi connectivity index (χ0n) is 13.4. The topological polar surface area (TPSA) is 70.6 Å². The molecule has 0 heterocycles. The van der Waals surface area contributed by atoms with Crippen molar-refractivity contribution in [2.75, 3.05) is 13.2 Å². The molecule has 2 amide bonds. The van der Waals surface area contributed by atoms with E-state index in [-0.39, 0.29) is 12.6 Å². The summed E-state index contributed by atoms with van der Waals surface area (Å²) >= 11 is 0. The predicted molar refractivity (Wildman–Crippen MR) is 93.8 cm³/mol. The fourth-order valence-corrected chi connectivity index (χ4v) is 2.24. The van der Waals surface area contributed by atoms with Gasteiger partial charge in [-0.3, -0.25) is 0 Å². The van der Waals surface area contributed by atoms with E-state index < -0.39 is 6.04 Å². The van der Waals surface area contributed by atoms with Crippen LogP contribution in [0.15, 0.2) is 67.3 Å². The van der Waals surface area contributed by atoms with Crippen molar-refractivity contribution in [1.29, 1.82) is 0 Å². The van der Waals surface area contributed by atoms with Crippen molar-refractivity contribution >= 4 is 6.03 Å². The molecular formula is C19H22N2O3. The molecule has 0 aromatic heterocycles. The molecule has 5 heteroatoms. The van der Waals surface area contributed by atoms with Crippen LogP contribution in [-0.4, -0.2) is 24.4 Å². The van der Waals surface area contributed by atoms with Gasteiger partial charge in [0.1, 0.15) is 12.4 Å². The van der Waals surface area contributed by atoms with Crippen LogP contribution in [0.25, 0.3) is 0 Å². The molecule has 3 N–H and O–H groups in total. The minimum atomic E-state index is -0.446. The number of rotatable bonds is 8. The van der Waals surface area contributed by atoms with Gasteiger partial charge in [-0.05, 0) is 11.6 Å². The van der Waals surface area contributed by atoms with E-state index in [0.717, 1.165) is 11.1 Å². The Morgan fingerprint density at radius 3 is 2.58 bits per heavy atom. The molecule has 0 aliphatic carbocycles. The van der Waals surface area contributed by atoms with Crippen molar-refractivity contribution in [3.8, 4) is 5.75 Å². The van der Waals surface area contributed by atoms with Crippen LogP contribution < -0.4 is 15.4 Å². The van der Waals surface area contributed by atoms with Gasteiger partial charge in [0, 0.05) is 12.1 Å². The number of ether oxygens (including phenoxy) is 1. The number of aliphatic hydroxyl groups excluding tert-OH is 1. The smallest absolute Gasteiger partial charge is 0.315 e. The van der Waals surface area contributed by atoms with Crippen molar-refractivity contribution in [2.45, 2.75) is 12.6 Å². The van der Waals surface area contributed by atoms with E-state index in [2.05, 4.69) is 17.2 Å². The third kappa shape index (κ3) is 5.14. The monoisotopic (exact) mass is 326 g/mol. The fraction of sp³-hybridized carbons (Fsp3) is 0.211. The van der Waals surface area contributed by atoms with Crippen LogP contribution in [0.5, 0.6) is 5.75 Å². The molecule has 2 rings (SSSR count). The van der Waals surface area contributed by atoms with E-state index >= 15 is 0 Å². The third-order valence-corrected chi connectivity index (χ3v) is 3.46. The van der Waals surface area contributed by atoms with Crippen molar-refractivity contribution in [2.24, 2.45) is 0 Å². The molecule has 0 aliphatic rings. The van der Waals surface area contributed by atoms with Gasteiger partial charge in [-0.25, -0.2) is 4.79 Å². The minimum absolute atomic E-state index is 0.170. The molecule has 5 nitrogen and oxygen atoms in total.